The SMILES string of the molecule is CCOCc1n[nH]c(=S)o1. The van der Waals surface area contributed by atoms with E-state index in [4.69, 9.17) is 9.15 Å². The molecule has 0 aliphatic heterocycles. The van der Waals surface area contributed by atoms with Crippen molar-refractivity contribution in [1.82, 2.24) is 10.2 Å². The van der Waals surface area contributed by atoms with Crippen LogP contribution in [0.25, 0.3) is 0 Å². The van der Waals surface area contributed by atoms with Crippen LogP contribution < -0.4 is 0 Å². The summed E-state index contributed by atoms with van der Waals surface area (Å²) in [6.45, 7) is 2.93. The summed E-state index contributed by atoms with van der Waals surface area (Å²) >= 11 is 4.64. The number of aromatic amines is 1. The lowest BCUT2D eigenvalue weighted by molar-refractivity contribution is 0.114. The maximum atomic E-state index is 5.01. The summed E-state index contributed by atoms with van der Waals surface area (Å²) in [6.07, 6.45) is 0. The van der Waals surface area contributed by atoms with Crippen LogP contribution in [0.3, 0.4) is 0 Å². The highest BCUT2D eigenvalue weighted by Crippen LogP contribution is 1.95. The second-order valence-corrected chi connectivity index (χ2v) is 2.01. The molecule has 0 fully saturated rings. The fourth-order valence-electron chi connectivity index (χ4n) is 0.512. The third-order valence-corrected chi connectivity index (χ3v) is 1.09. The molecule has 1 rings (SSSR count). The van der Waals surface area contributed by atoms with E-state index in [0.29, 0.717) is 19.1 Å². The second kappa shape index (κ2) is 3.48. The van der Waals surface area contributed by atoms with Crippen LogP contribution >= 0.6 is 12.2 Å². The molecule has 5 heteroatoms. The van der Waals surface area contributed by atoms with Gasteiger partial charge in [0.25, 0.3) is 4.84 Å². The van der Waals surface area contributed by atoms with Crippen LogP contribution in [0.2, 0.25) is 0 Å². The van der Waals surface area contributed by atoms with Crippen LogP contribution in [0.4, 0.5) is 0 Å². The Hall–Kier alpha value is -0.680. The fourth-order valence-corrected chi connectivity index (χ4v) is 0.654. The highest BCUT2D eigenvalue weighted by molar-refractivity contribution is 7.71. The van der Waals surface area contributed by atoms with Crippen LogP contribution in [0.5, 0.6) is 0 Å². The van der Waals surface area contributed by atoms with Gasteiger partial charge in [0.05, 0.1) is 0 Å². The Kier molecular flexibility index (Phi) is 2.58. The van der Waals surface area contributed by atoms with Gasteiger partial charge in [0.1, 0.15) is 6.61 Å². The minimum Gasteiger partial charge on any atom is -0.412 e. The number of H-pyrrole nitrogens is 1. The molecule has 0 aliphatic carbocycles. The maximum absolute atomic E-state index is 5.01. The average molecular weight is 160 g/mol. The summed E-state index contributed by atoms with van der Waals surface area (Å²) in [7, 11) is 0. The Morgan fingerprint density at radius 1 is 1.80 bits per heavy atom. The van der Waals surface area contributed by atoms with E-state index in [9.17, 15) is 0 Å². The lowest BCUT2D eigenvalue weighted by Gasteiger charge is -1.91. The largest absolute Gasteiger partial charge is 0.412 e. The summed E-state index contributed by atoms with van der Waals surface area (Å²) in [6, 6.07) is 0. The summed E-state index contributed by atoms with van der Waals surface area (Å²) in [5.41, 5.74) is 0. The van der Waals surface area contributed by atoms with Crippen LogP contribution in [0.15, 0.2) is 4.42 Å². The number of rotatable bonds is 3. The zero-order chi connectivity index (χ0) is 7.40. The van der Waals surface area contributed by atoms with Gasteiger partial charge in [-0.05, 0) is 19.1 Å². The Labute approximate surface area is 63.2 Å². The first-order chi connectivity index (χ1) is 4.83. The molecule has 10 heavy (non-hydrogen) atoms. The molecule has 1 N–H and O–H groups in total. The van der Waals surface area contributed by atoms with Gasteiger partial charge in [0.15, 0.2) is 0 Å². The van der Waals surface area contributed by atoms with Gasteiger partial charge in [-0.2, -0.15) is 0 Å². The summed E-state index contributed by atoms with van der Waals surface area (Å²) < 4.78 is 9.92. The third kappa shape index (κ3) is 1.93. The molecule has 1 heterocycles. The lowest BCUT2D eigenvalue weighted by Crippen LogP contribution is -1.91. The van der Waals surface area contributed by atoms with E-state index in [1.807, 2.05) is 6.92 Å². The van der Waals surface area contributed by atoms with Crippen molar-refractivity contribution in [3.8, 4) is 0 Å². The van der Waals surface area contributed by atoms with Crippen molar-refractivity contribution in [2.75, 3.05) is 6.61 Å². The smallest absolute Gasteiger partial charge is 0.284 e. The molecular weight excluding hydrogens is 152 g/mol. The van der Waals surface area contributed by atoms with E-state index in [1.54, 1.807) is 0 Å². The predicted molar refractivity (Wildman–Crippen MR) is 37.0 cm³/mol. The second-order valence-electron chi connectivity index (χ2n) is 1.64. The quantitative estimate of drug-likeness (QED) is 0.676. The van der Waals surface area contributed by atoms with Gasteiger partial charge in [-0.1, -0.05) is 0 Å². The topological polar surface area (TPSA) is 51.0 Å². The van der Waals surface area contributed by atoms with Gasteiger partial charge < -0.3 is 9.15 Å². The van der Waals surface area contributed by atoms with Gasteiger partial charge in [-0.25, -0.2) is 5.10 Å². The van der Waals surface area contributed by atoms with Crippen molar-refractivity contribution in [2.45, 2.75) is 13.5 Å². The van der Waals surface area contributed by atoms with Crippen molar-refractivity contribution in [1.29, 1.82) is 0 Å². The molecule has 0 saturated carbocycles. The highest BCUT2D eigenvalue weighted by Gasteiger charge is 1.96. The third-order valence-electron chi connectivity index (χ3n) is 0.912. The summed E-state index contributed by atoms with van der Waals surface area (Å²) in [5, 5.41) is 6.23. The number of nitrogens with zero attached hydrogens (tertiary/aromatic N) is 1. The standard InChI is InChI=1S/C5H8N2O2S/c1-2-8-3-4-6-7-5(10)9-4/h2-3H2,1H3,(H,7,10). The average Bonchev–Trinajstić information content (AvgIpc) is 2.31. The number of nitrogens with one attached hydrogen (secondary N) is 1. The molecule has 1 aromatic rings. The number of hydrogen-bond acceptors (Lipinski definition) is 4. The van der Waals surface area contributed by atoms with Crippen molar-refractivity contribution >= 4 is 12.2 Å². The Morgan fingerprint density at radius 2 is 2.60 bits per heavy atom. The van der Waals surface area contributed by atoms with E-state index >= 15 is 0 Å². The van der Waals surface area contributed by atoms with Crippen molar-refractivity contribution in [2.24, 2.45) is 0 Å². The van der Waals surface area contributed by atoms with Crippen LogP contribution in [-0.2, 0) is 11.3 Å². The lowest BCUT2D eigenvalue weighted by atomic mass is 10.7. The summed E-state index contributed by atoms with van der Waals surface area (Å²) in [4.78, 5) is 0.287. The molecule has 0 radical (unpaired) electrons. The van der Waals surface area contributed by atoms with E-state index in [0.717, 1.165) is 0 Å². The zero-order valence-electron chi connectivity index (χ0n) is 5.59. The zero-order valence-corrected chi connectivity index (χ0v) is 6.40. The van der Waals surface area contributed by atoms with E-state index in [1.165, 1.54) is 0 Å². The molecule has 0 bridgehead atoms. The molecular formula is C5H8N2O2S. The van der Waals surface area contributed by atoms with Gasteiger partial charge >= 0.3 is 0 Å². The molecule has 0 unspecified atom stereocenters. The fraction of sp³-hybridized carbons (Fsp3) is 0.600. The van der Waals surface area contributed by atoms with Gasteiger partial charge in [-0.3, -0.25) is 0 Å². The van der Waals surface area contributed by atoms with E-state index < -0.39 is 0 Å². The predicted octanol–water partition coefficient (Wildman–Crippen LogP) is 1.27. The van der Waals surface area contributed by atoms with E-state index in [2.05, 4.69) is 22.4 Å². The first-order valence-corrected chi connectivity index (χ1v) is 3.36. The maximum Gasteiger partial charge on any atom is 0.284 e. The normalized spacial score (nSPS) is 10.1. The van der Waals surface area contributed by atoms with Crippen molar-refractivity contribution in [3.05, 3.63) is 10.7 Å². The van der Waals surface area contributed by atoms with Crippen LogP contribution in [-0.4, -0.2) is 16.8 Å². The molecule has 4 nitrogen and oxygen atoms in total. The summed E-state index contributed by atoms with van der Waals surface area (Å²) in [5.74, 6) is 0.492. The first-order valence-electron chi connectivity index (χ1n) is 2.95. The number of hydrogen-bond donors (Lipinski definition) is 1. The highest BCUT2D eigenvalue weighted by atomic mass is 32.1. The molecule has 0 atom stereocenters. The van der Waals surface area contributed by atoms with E-state index in [-0.39, 0.29) is 4.84 Å². The minimum absolute atomic E-state index is 0.287. The Morgan fingerprint density at radius 3 is 3.10 bits per heavy atom. The molecule has 0 amide bonds. The van der Waals surface area contributed by atoms with Crippen molar-refractivity contribution in [3.63, 3.8) is 0 Å². The molecule has 0 spiro atoms. The molecule has 0 aliphatic rings. The van der Waals surface area contributed by atoms with Gasteiger partial charge in [0.2, 0.25) is 5.89 Å². The molecule has 1 aromatic heterocycles. The van der Waals surface area contributed by atoms with Crippen LogP contribution in [0, 0.1) is 4.84 Å². The molecule has 0 aromatic carbocycles. The monoisotopic (exact) mass is 160 g/mol. The number of ether oxygens (including phenoxy) is 1. The van der Waals surface area contributed by atoms with Crippen LogP contribution in [0.1, 0.15) is 12.8 Å². The molecule has 56 valence electrons. The van der Waals surface area contributed by atoms with Gasteiger partial charge in [0, 0.05) is 6.61 Å². The number of aromatic nitrogens is 2. The first kappa shape index (κ1) is 7.43. The van der Waals surface area contributed by atoms with Gasteiger partial charge in [-0.15, -0.1) is 5.10 Å². The van der Waals surface area contributed by atoms with Crippen molar-refractivity contribution < 1.29 is 9.15 Å². The minimum atomic E-state index is 0.287. The Bertz CT molecular complexity index is 242. The Balaban J connectivity index is 2.50. The molecule has 0 saturated heterocycles.